The lowest BCUT2D eigenvalue weighted by Gasteiger charge is -2.55. The number of carbonyl (C=O) groups excluding carboxylic acids is 3. The highest BCUT2D eigenvalue weighted by atomic mass is 16.5. The maximum Gasteiger partial charge on any atom is 0.248 e. The Morgan fingerprint density at radius 1 is 1.07 bits per heavy atom. The molecule has 2 aromatic rings. The molecule has 0 bridgehead atoms. The van der Waals surface area contributed by atoms with Crippen molar-refractivity contribution in [2.45, 2.75) is 44.6 Å². The van der Waals surface area contributed by atoms with Crippen LogP contribution in [0.2, 0.25) is 0 Å². The van der Waals surface area contributed by atoms with Crippen LogP contribution < -0.4 is 16.2 Å². The second-order valence-corrected chi connectivity index (χ2v) is 8.23. The molecule has 6 heteroatoms. The number of amides is 2. The first kappa shape index (κ1) is 19.2. The molecule has 1 aliphatic carbocycles. The van der Waals surface area contributed by atoms with Gasteiger partial charge in [0, 0.05) is 12.0 Å². The molecule has 0 aromatic heterocycles. The van der Waals surface area contributed by atoms with E-state index in [1.807, 2.05) is 25.1 Å². The average molecular weight is 392 g/mol. The van der Waals surface area contributed by atoms with E-state index in [1.54, 1.807) is 24.3 Å². The van der Waals surface area contributed by atoms with Gasteiger partial charge >= 0.3 is 0 Å². The number of ether oxygens (including phenoxy) is 1. The smallest absolute Gasteiger partial charge is 0.248 e. The van der Waals surface area contributed by atoms with Gasteiger partial charge in [0.2, 0.25) is 11.8 Å². The zero-order valence-corrected chi connectivity index (χ0v) is 16.4. The predicted octanol–water partition coefficient (Wildman–Crippen LogP) is 3.22. The molecule has 29 heavy (non-hydrogen) atoms. The first-order valence-corrected chi connectivity index (χ1v) is 9.82. The topological polar surface area (TPSA) is 112 Å². The summed E-state index contributed by atoms with van der Waals surface area (Å²) in [5.41, 5.74) is 12.0. The molecule has 1 fully saturated rings. The minimum absolute atomic E-state index is 0.00265. The minimum Gasteiger partial charge on any atom is -0.485 e. The number of primary amides is 2. The van der Waals surface area contributed by atoms with Gasteiger partial charge in [-0.15, -0.1) is 0 Å². The Morgan fingerprint density at radius 3 is 2.41 bits per heavy atom. The zero-order valence-electron chi connectivity index (χ0n) is 16.4. The Morgan fingerprint density at radius 2 is 1.79 bits per heavy atom. The van der Waals surface area contributed by atoms with Gasteiger partial charge in [-0.1, -0.05) is 18.2 Å². The summed E-state index contributed by atoms with van der Waals surface area (Å²) in [7, 11) is 0. The summed E-state index contributed by atoms with van der Waals surface area (Å²) in [6, 6.07) is 12.5. The molecule has 1 aliphatic heterocycles. The lowest BCUT2D eigenvalue weighted by molar-refractivity contribution is -0.122. The quantitative estimate of drug-likeness (QED) is 0.813. The number of nitrogens with two attached hydrogens (primary N) is 2. The normalized spacial score (nSPS) is 21.8. The van der Waals surface area contributed by atoms with Crippen molar-refractivity contribution in [3.63, 3.8) is 0 Å². The number of hydrogen-bond acceptors (Lipinski definition) is 4. The van der Waals surface area contributed by atoms with Crippen LogP contribution in [0.4, 0.5) is 0 Å². The van der Waals surface area contributed by atoms with Crippen molar-refractivity contribution in [3.05, 3.63) is 53.6 Å². The van der Waals surface area contributed by atoms with Gasteiger partial charge in [-0.2, -0.15) is 0 Å². The summed E-state index contributed by atoms with van der Waals surface area (Å²) >= 11 is 0. The van der Waals surface area contributed by atoms with E-state index < -0.39 is 22.8 Å². The van der Waals surface area contributed by atoms with Crippen LogP contribution in [-0.4, -0.2) is 23.2 Å². The van der Waals surface area contributed by atoms with Crippen LogP contribution in [0.15, 0.2) is 42.5 Å². The van der Waals surface area contributed by atoms with Crippen LogP contribution in [0, 0.1) is 5.41 Å². The molecule has 2 aliphatic rings. The Kier molecular flexibility index (Phi) is 4.45. The van der Waals surface area contributed by atoms with E-state index in [4.69, 9.17) is 16.2 Å². The lowest BCUT2D eigenvalue weighted by atomic mass is 9.56. The van der Waals surface area contributed by atoms with Gasteiger partial charge in [0.25, 0.3) is 0 Å². The molecule has 0 saturated heterocycles. The summed E-state index contributed by atoms with van der Waals surface area (Å²) in [6.45, 7) is 1.89. The zero-order chi connectivity index (χ0) is 20.8. The molecule has 2 amide bonds. The van der Waals surface area contributed by atoms with Crippen LogP contribution in [0.3, 0.4) is 0 Å². The van der Waals surface area contributed by atoms with E-state index in [1.165, 1.54) is 0 Å². The molecule has 4 rings (SSSR count). The number of benzene rings is 2. The first-order chi connectivity index (χ1) is 13.8. The molecule has 6 nitrogen and oxygen atoms in total. The van der Waals surface area contributed by atoms with E-state index >= 15 is 0 Å². The van der Waals surface area contributed by atoms with Crippen molar-refractivity contribution in [2.24, 2.45) is 16.9 Å². The second-order valence-electron chi connectivity index (χ2n) is 8.23. The monoisotopic (exact) mass is 392 g/mol. The van der Waals surface area contributed by atoms with Gasteiger partial charge in [0.05, 0.1) is 11.0 Å². The van der Waals surface area contributed by atoms with E-state index in [9.17, 15) is 14.4 Å². The van der Waals surface area contributed by atoms with Crippen LogP contribution in [0.25, 0.3) is 11.1 Å². The SMILES string of the molecule is CC1(CCC(N)=O)C(=O)c2ccc(-c3cccc(C(N)=O)c3)cc2OC12CCC2. The largest absolute Gasteiger partial charge is 0.485 e. The van der Waals surface area contributed by atoms with E-state index in [-0.39, 0.29) is 12.2 Å². The third kappa shape index (κ3) is 2.99. The minimum atomic E-state index is -0.777. The third-order valence-electron chi connectivity index (χ3n) is 6.55. The van der Waals surface area contributed by atoms with E-state index in [0.717, 1.165) is 30.4 Å². The van der Waals surface area contributed by atoms with Crippen molar-refractivity contribution in [1.29, 1.82) is 0 Å². The number of ketones is 1. The van der Waals surface area contributed by atoms with Gasteiger partial charge in [-0.3, -0.25) is 14.4 Å². The fourth-order valence-electron chi connectivity index (χ4n) is 4.52. The maximum atomic E-state index is 13.5. The van der Waals surface area contributed by atoms with Crippen molar-refractivity contribution in [1.82, 2.24) is 0 Å². The second kappa shape index (κ2) is 6.72. The number of Topliss-reactive ketones (excluding diaryl/α,β-unsaturated/α-hetero) is 1. The molecule has 1 spiro atoms. The standard InChI is InChI=1S/C23H24N2O4/c1-22(11-8-19(24)26)20(27)17-7-6-15(13-18(17)29-23(22)9-3-10-23)14-4-2-5-16(12-14)21(25)28/h2,4-7,12-13H,3,8-11H2,1H3,(H2,24,26)(H2,25,28). The van der Waals surface area contributed by atoms with Crippen molar-refractivity contribution < 1.29 is 19.1 Å². The summed E-state index contributed by atoms with van der Waals surface area (Å²) in [5.74, 6) is -0.357. The number of hydrogen-bond donors (Lipinski definition) is 2. The summed E-state index contributed by atoms with van der Waals surface area (Å²) in [6.07, 6.45) is 3.06. The number of fused-ring (bicyclic) bond motifs is 1. The van der Waals surface area contributed by atoms with E-state index in [2.05, 4.69) is 0 Å². The predicted molar refractivity (Wildman–Crippen MR) is 108 cm³/mol. The van der Waals surface area contributed by atoms with Crippen LogP contribution in [0.5, 0.6) is 5.75 Å². The highest BCUT2D eigenvalue weighted by Gasteiger charge is 2.61. The van der Waals surface area contributed by atoms with Crippen molar-refractivity contribution in [2.75, 3.05) is 0 Å². The summed E-state index contributed by atoms with van der Waals surface area (Å²) in [5, 5.41) is 0. The lowest BCUT2D eigenvalue weighted by Crippen LogP contribution is -2.62. The van der Waals surface area contributed by atoms with Crippen molar-refractivity contribution >= 4 is 17.6 Å². The molecule has 4 N–H and O–H groups in total. The Balaban J connectivity index is 1.74. The molecule has 1 unspecified atom stereocenters. The molecule has 1 saturated carbocycles. The van der Waals surface area contributed by atoms with E-state index in [0.29, 0.717) is 23.3 Å². The molecular formula is C23H24N2O4. The maximum absolute atomic E-state index is 13.5. The van der Waals surface area contributed by atoms with Gasteiger partial charge in [0.1, 0.15) is 11.4 Å². The fraction of sp³-hybridized carbons (Fsp3) is 0.348. The van der Waals surface area contributed by atoms with Crippen LogP contribution >= 0.6 is 0 Å². The van der Waals surface area contributed by atoms with Gasteiger partial charge in [-0.25, -0.2) is 0 Å². The Labute approximate surface area is 169 Å². The number of carbonyl (C=O) groups is 3. The fourth-order valence-corrected chi connectivity index (χ4v) is 4.52. The Bertz CT molecular complexity index is 1030. The van der Waals surface area contributed by atoms with Crippen LogP contribution in [-0.2, 0) is 4.79 Å². The van der Waals surface area contributed by atoms with Crippen molar-refractivity contribution in [3.8, 4) is 16.9 Å². The average Bonchev–Trinajstić information content (AvgIpc) is 2.67. The first-order valence-electron chi connectivity index (χ1n) is 9.82. The highest BCUT2D eigenvalue weighted by molar-refractivity contribution is 6.05. The summed E-state index contributed by atoms with van der Waals surface area (Å²) < 4.78 is 6.45. The highest BCUT2D eigenvalue weighted by Crippen LogP contribution is 2.57. The van der Waals surface area contributed by atoms with Crippen LogP contribution in [0.1, 0.15) is 59.7 Å². The third-order valence-corrected chi connectivity index (χ3v) is 6.55. The molecule has 0 radical (unpaired) electrons. The Hall–Kier alpha value is -3.15. The molecular weight excluding hydrogens is 368 g/mol. The van der Waals surface area contributed by atoms with Gasteiger partial charge in [0.15, 0.2) is 5.78 Å². The molecule has 1 heterocycles. The molecule has 2 aromatic carbocycles. The summed E-state index contributed by atoms with van der Waals surface area (Å²) in [4.78, 5) is 36.3. The number of rotatable bonds is 5. The molecule has 150 valence electrons. The van der Waals surface area contributed by atoms with Gasteiger partial charge < -0.3 is 16.2 Å². The molecule has 1 atom stereocenters. The van der Waals surface area contributed by atoms with Gasteiger partial charge in [-0.05, 0) is 68.0 Å².